The quantitative estimate of drug-likeness (QED) is 0.809. The largest absolute Gasteiger partial charge is 0.463 e. The number of nitrogens with one attached hydrogen (secondary N) is 1. The van der Waals surface area contributed by atoms with Crippen LogP contribution in [0.3, 0.4) is 0 Å². The lowest BCUT2D eigenvalue weighted by molar-refractivity contribution is -0.114. The summed E-state index contributed by atoms with van der Waals surface area (Å²) < 4.78 is 5.41. The molecule has 23 heavy (non-hydrogen) atoms. The molecule has 2 aromatic rings. The Balaban J connectivity index is 1.86. The van der Waals surface area contributed by atoms with Gasteiger partial charge in [-0.3, -0.25) is 15.0 Å². The minimum atomic E-state index is -0.577. The number of rotatable bonds is 1. The van der Waals surface area contributed by atoms with Gasteiger partial charge in [-0.05, 0) is 30.0 Å². The number of hydrogen-bond acceptors (Lipinski definition) is 6. The van der Waals surface area contributed by atoms with Crippen LogP contribution in [0.4, 0.5) is 0 Å². The molecule has 7 nitrogen and oxygen atoms in total. The Bertz CT molecular complexity index is 1020. The van der Waals surface area contributed by atoms with E-state index in [0.717, 1.165) is 11.8 Å². The zero-order valence-electron chi connectivity index (χ0n) is 11.5. The zero-order valence-corrected chi connectivity index (χ0v) is 12.3. The molecule has 0 radical (unpaired) electrons. The minimum absolute atomic E-state index is 0.00372. The summed E-state index contributed by atoms with van der Waals surface area (Å²) in [5.41, 5.74) is 1.87. The van der Waals surface area contributed by atoms with Crippen LogP contribution in [-0.2, 0) is 4.79 Å². The third kappa shape index (κ3) is 2.11. The maximum atomic E-state index is 12.5. The van der Waals surface area contributed by atoms with Gasteiger partial charge in [-0.25, -0.2) is 0 Å². The highest BCUT2D eigenvalue weighted by atomic mass is 32.2. The predicted octanol–water partition coefficient (Wildman–Crippen LogP) is 2.04. The first-order valence-electron chi connectivity index (χ1n) is 6.58. The van der Waals surface area contributed by atoms with Crippen molar-refractivity contribution in [1.82, 2.24) is 5.01 Å². The number of hydrogen-bond donors (Lipinski definition) is 1. The number of fused-ring (bicyclic) bond motifs is 2. The maximum absolute atomic E-state index is 12.5. The average molecular weight is 324 g/mol. The van der Waals surface area contributed by atoms with Gasteiger partial charge >= 0.3 is 0 Å². The first-order valence-corrected chi connectivity index (χ1v) is 7.46. The van der Waals surface area contributed by atoms with Crippen molar-refractivity contribution >= 4 is 51.3 Å². The maximum Gasteiger partial charge on any atom is 0.283 e. The monoisotopic (exact) mass is 324 g/mol. The van der Waals surface area contributed by atoms with Gasteiger partial charge in [0.1, 0.15) is 11.8 Å². The van der Waals surface area contributed by atoms with Crippen LogP contribution in [0.25, 0.3) is 17.0 Å². The normalized spacial score (nSPS) is 18.7. The fourth-order valence-electron chi connectivity index (χ4n) is 2.28. The van der Waals surface area contributed by atoms with E-state index in [1.807, 2.05) is 0 Å². The summed E-state index contributed by atoms with van der Waals surface area (Å²) in [6.45, 7) is 0. The van der Waals surface area contributed by atoms with Gasteiger partial charge in [0, 0.05) is 0 Å². The number of carbonyl (C=O) groups is 1. The number of benzene rings is 1. The van der Waals surface area contributed by atoms with E-state index in [0.29, 0.717) is 16.1 Å². The molecule has 8 heteroatoms. The van der Waals surface area contributed by atoms with Crippen molar-refractivity contribution in [3.8, 4) is 0 Å². The molecule has 2 aliphatic heterocycles. The molecule has 0 fully saturated rings. The molecule has 0 spiro atoms. The molecule has 112 valence electrons. The summed E-state index contributed by atoms with van der Waals surface area (Å²) in [6, 6.07) is 6.84. The third-order valence-electron chi connectivity index (χ3n) is 3.40. The van der Waals surface area contributed by atoms with E-state index in [1.54, 1.807) is 24.3 Å². The lowest BCUT2D eigenvalue weighted by Gasteiger charge is -2.20. The number of amides is 1. The first kappa shape index (κ1) is 13.6. The molecule has 3 heterocycles. The minimum Gasteiger partial charge on any atom is -0.463 e. The van der Waals surface area contributed by atoms with E-state index in [9.17, 15) is 9.59 Å². The SMILES string of the molecule is N=C1/C(=C\c2coc3ccccc3c2=O)C(=O)N=C2SC=NN12. The molecule has 1 N–H and O–H groups in total. The van der Waals surface area contributed by atoms with E-state index >= 15 is 0 Å². The Morgan fingerprint density at radius 2 is 2.09 bits per heavy atom. The van der Waals surface area contributed by atoms with Gasteiger partial charge in [-0.15, -0.1) is 0 Å². The molecule has 0 saturated heterocycles. The highest BCUT2D eigenvalue weighted by Gasteiger charge is 2.32. The van der Waals surface area contributed by atoms with Gasteiger partial charge in [-0.2, -0.15) is 15.1 Å². The Morgan fingerprint density at radius 1 is 1.26 bits per heavy atom. The van der Waals surface area contributed by atoms with Crippen LogP contribution in [0.1, 0.15) is 5.56 Å². The van der Waals surface area contributed by atoms with E-state index in [2.05, 4.69) is 10.1 Å². The van der Waals surface area contributed by atoms with Crippen LogP contribution in [-0.4, -0.2) is 27.5 Å². The van der Waals surface area contributed by atoms with Crippen molar-refractivity contribution in [3.63, 3.8) is 0 Å². The number of aliphatic imine (C=N–C) groups is 1. The lowest BCUT2D eigenvalue weighted by atomic mass is 10.1. The van der Waals surface area contributed by atoms with Gasteiger partial charge in [0.05, 0.1) is 22.1 Å². The van der Waals surface area contributed by atoms with Gasteiger partial charge in [0.2, 0.25) is 0 Å². The molecule has 1 aromatic carbocycles. The molecular formula is C15H8N4O3S. The molecule has 0 unspecified atom stereocenters. The highest BCUT2D eigenvalue weighted by Crippen LogP contribution is 2.24. The van der Waals surface area contributed by atoms with Gasteiger partial charge in [-0.1, -0.05) is 12.1 Å². The molecule has 4 rings (SSSR count). The van der Waals surface area contributed by atoms with Crippen molar-refractivity contribution in [1.29, 1.82) is 5.41 Å². The summed E-state index contributed by atoms with van der Waals surface area (Å²) in [5, 5.41) is 14.0. The second-order valence-electron chi connectivity index (χ2n) is 4.77. The van der Waals surface area contributed by atoms with Crippen LogP contribution in [0, 0.1) is 5.41 Å². The van der Waals surface area contributed by atoms with E-state index in [4.69, 9.17) is 9.83 Å². The molecule has 1 aromatic heterocycles. The van der Waals surface area contributed by atoms with Crippen molar-refractivity contribution < 1.29 is 9.21 Å². The summed E-state index contributed by atoms with van der Waals surface area (Å²) in [4.78, 5) is 28.4. The lowest BCUT2D eigenvalue weighted by Crippen LogP contribution is -2.35. The Kier molecular flexibility index (Phi) is 2.98. The fraction of sp³-hybridized carbons (Fsp3) is 0. The predicted molar refractivity (Wildman–Crippen MR) is 88.6 cm³/mol. The number of hydrazone groups is 1. The number of para-hydroxylation sites is 1. The molecule has 2 aliphatic rings. The van der Waals surface area contributed by atoms with Crippen LogP contribution < -0.4 is 5.43 Å². The van der Waals surface area contributed by atoms with Crippen LogP contribution in [0.15, 0.2) is 55.4 Å². The zero-order chi connectivity index (χ0) is 16.0. The molecule has 0 saturated carbocycles. The smallest absolute Gasteiger partial charge is 0.283 e. The van der Waals surface area contributed by atoms with Gasteiger partial charge in [0.15, 0.2) is 16.4 Å². The van der Waals surface area contributed by atoms with E-state index < -0.39 is 5.91 Å². The van der Waals surface area contributed by atoms with Crippen molar-refractivity contribution in [3.05, 3.63) is 51.9 Å². The number of nitrogens with zero attached hydrogens (tertiary/aromatic N) is 3. The van der Waals surface area contributed by atoms with Crippen molar-refractivity contribution in [2.45, 2.75) is 0 Å². The molecular weight excluding hydrogens is 316 g/mol. The number of amidine groups is 2. The van der Waals surface area contributed by atoms with Crippen molar-refractivity contribution in [2.24, 2.45) is 10.1 Å². The van der Waals surface area contributed by atoms with Crippen molar-refractivity contribution in [2.75, 3.05) is 0 Å². The van der Waals surface area contributed by atoms with Crippen LogP contribution in [0.5, 0.6) is 0 Å². The van der Waals surface area contributed by atoms with E-state index in [-0.39, 0.29) is 22.4 Å². The Labute approximate surface area is 133 Å². The fourth-order valence-corrected chi connectivity index (χ4v) is 2.89. The first-order chi connectivity index (χ1) is 11.1. The number of thioether (sulfide) groups is 1. The summed E-state index contributed by atoms with van der Waals surface area (Å²) in [6.07, 6.45) is 2.60. The molecule has 0 aliphatic carbocycles. The Hall–Kier alpha value is -3.00. The third-order valence-corrected chi connectivity index (χ3v) is 4.08. The van der Waals surface area contributed by atoms with Crippen LogP contribution >= 0.6 is 11.8 Å². The molecule has 0 atom stereocenters. The van der Waals surface area contributed by atoms with Gasteiger partial charge < -0.3 is 4.42 Å². The summed E-state index contributed by atoms with van der Waals surface area (Å²) >= 11 is 1.16. The second kappa shape index (κ2) is 5.03. The van der Waals surface area contributed by atoms with Gasteiger partial charge in [0.25, 0.3) is 5.91 Å². The summed E-state index contributed by atoms with van der Waals surface area (Å²) in [5.74, 6) is -0.694. The number of carbonyl (C=O) groups excluding carboxylic acids is 1. The summed E-state index contributed by atoms with van der Waals surface area (Å²) in [7, 11) is 0. The average Bonchev–Trinajstić information content (AvgIpc) is 3.02. The topological polar surface area (TPSA) is 99.1 Å². The highest BCUT2D eigenvalue weighted by molar-refractivity contribution is 8.25. The van der Waals surface area contributed by atoms with Crippen LogP contribution in [0.2, 0.25) is 0 Å². The molecule has 0 bridgehead atoms. The standard InChI is InChI=1S/C15H8N4O3S/c16-13-10(14(21)18-15-19(13)17-7-23-15)5-8-6-22-11-4-2-1-3-9(11)12(8)20/h1-7,16H/b10-5+,16-13?. The van der Waals surface area contributed by atoms with E-state index in [1.165, 1.54) is 22.9 Å². The second-order valence-corrected chi connectivity index (χ2v) is 5.58. The Morgan fingerprint density at radius 3 is 2.96 bits per heavy atom. The molecule has 1 amide bonds.